The smallest absolute Gasteiger partial charge is 0.339 e. The van der Waals surface area contributed by atoms with Crippen LogP contribution in [0, 0.1) is 0 Å². The quantitative estimate of drug-likeness (QED) is 0.456. The van der Waals surface area contributed by atoms with Crippen molar-refractivity contribution in [2.24, 2.45) is 5.73 Å². The Hall–Kier alpha value is -0.620. The SMILES string of the molecule is CC(Br)C(N)(C(=O)O)C(=O)OC(C)(C)C. The van der Waals surface area contributed by atoms with E-state index >= 15 is 0 Å². The first kappa shape index (κ1) is 14.4. The Balaban J connectivity index is 4.97. The molecule has 0 fully saturated rings. The van der Waals surface area contributed by atoms with Gasteiger partial charge >= 0.3 is 11.9 Å². The van der Waals surface area contributed by atoms with E-state index in [1.807, 2.05) is 0 Å². The van der Waals surface area contributed by atoms with Gasteiger partial charge < -0.3 is 15.6 Å². The van der Waals surface area contributed by atoms with Gasteiger partial charge in [-0.25, -0.2) is 9.59 Å². The Bertz CT molecular complexity index is 272. The van der Waals surface area contributed by atoms with E-state index in [0.717, 1.165) is 0 Å². The summed E-state index contributed by atoms with van der Waals surface area (Å²) in [7, 11) is 0. The molecule has 0 spiro atoms. The van der Waals surface area contributed by atoms with Crippen LogP contribution in [-0.2, 0) is 14.3 Å². The van der Waals surface area contributed by atoms with Gasteiger partial charge in [0.25, 0.3) is 0 Å². The number of carboxylic acid groups (broad SMARTS) is 1. The molecular formula is C9H16BrNO4. The van der Waals surface area contributed by atoms with Crippen molar-refractivity contribution in [1.82, 2.24) is 0 Å². The molecule has 0 aliphatic heterocycles. The molecule has 0 heterocycles. The van der Waals surface area contributed by atoms with E-state index < -0.39 is 27.9 Å². The molecular weight excluding hydrogens is 266 g/mol. The summed E-state index contributed by atoms with van der Waals surface area (Å²) in [6.45, 7) is 6.42. The van der Waals surface area contributed by atoms with Crippen LogP contribution in [0.25, 0.3) is 0 Å². The molecule has 0 amide bonds. The van der Waals surface area contributed by atoms with Gasteiger partial charge in [0.15, 0.2) is 0 Å². The Morgan fingerprint density at radius 3 is 2.00 bits per heavy atom. The summed E-state index contributed by atoms with van der Waals surface area (Å²) in [6.07, 6.45) is 0. The van der Waals surface area contributed by atoms with E-state index in [9.17, 15) is 9.59 Å². The van der Waals surface area contributed by atoms with Crippen LogP contribution in [0.1, 0.15) is 27.7 Å². The summed E-state index contributed by atoms with van der Waals surface area (Å²) in [5.74, 6) is -2.37. The predicted octanol–water partition coefficient (Wildman–Crippen LogP) is 0.894. The highest BCUT2D eigenvalue weighted by atomic mass is 79.9. The lowest BCUT2D eigenvalue weighted by atomic mass is 9.97. The topological polar surface area (TPSA) is 89.6 Å². The second-order valence-corrected chi connectivity index (χ2v) is 5.67. The van der Waals surface area contributed by atoms with Crippen molar-refractivity contribution in [1.29, 1.82) is 0 Å². The molecule has 0 aromatic heterocycles. The average Bonchev–Trinajstić information content (AvgIpc) is 1.98. The number of alkyl halides is 1. The maximum absolute atomic E-state index is 11.6. The van der Waals surface area contributed by atoms with Crippen molar-refractivity contribution in [2.75, 3.05) is 0 Å². The van der Waals surface area contributed by atoms with Crippen molar-refractivity contribution < 1.29 is 19.4 Å². The van der Waals surface area contributed by atoms with Crippen molar-refractivity contribution in [2.45, 2.75) is 43.7 Å². The van der Waals surface area contributed by atoms with Gasteiger partial charge in [-0.05, 0) is 27.7 Å². The van der Waals surface area contributed by atoms with E-state index in [1.54, 1.807) is 20.8 Å². The average molecular weight is 282 g/mol. The lowest BCUT2D eigenvalue weighted by Gasteiger charge is -2.29. The van der Waals surface area contributed by atoms with Crippen LogP contribution in [0.5, 0.6) is 0 Å². The van der Waals surface area contributed by atoms with E-state index in [-0.39, 0.29) is 0 Å². The van der Waals surface area contributed by atoms with Crippen LogP contribution in [-0.4, -0.2) is 33.0 Å². The third-order valence-corrected chi connectivity index (χ3v) is 2.44. The van der Waals surface area contributed by atoms with Gasteiger partial charge in [-0.15, -0.1) is 0 Å². The number of rotatable bonds is 3. The molecule has 0 bridgehead atoms. The second kappa shape index (κ2) is 4.49. The minimum Gasteiger partial charge on any atom is -0.479 e. The number of halogens is 1. The molecule has 0 saturated carbocycles. The number of carbonyl (C=O) groups excluding carboxylic acids is 1. The van der Waals surface area contributed by atoms with Gasteiger partial charge in [-0.3, -0.25) is 0 Å². The third kappa shape index (κ3) is 3.46. The number of carbonyl (C=O) groups is 2. The van der Waals surface area contributed by atoms with Gasteiger partial charge in [0.05, 0.1) is 4.83 Å². The minimum absolute atomic E-state index is 0.725. The molecule has 2 atom stereocenters. The van der Waals surface area contributed by atoms with Gasteiger partial charge in [0.1, 0.15) is 5.60 Å². The van der Waals surface area contributed by atoms with Gasteiger partial charge in [-0.1, -0.05) is 15.9 Å². The van der Waals surface area contributed by atoms with Gasteiger partial charge in [0.2, 0.25) is 5.54 Å². The standard InChI is InChI=1S/C9H16BrNO4/c1-5(10)9(11,6(12)13)7(14)15-8(2,3)4/h5H,11H2,1-4H3,(H,12,13). The zero-order valence-electron chi connectivity index (χ0n) is 9.20. The van der Waals surface area contributed by atoms with Crippen molar-refractivity contribution in [3.8, 4) is 0 Å². The number of aliphatic carboxylic acids is 1. The number of esters is 1. The fourth-order valence-electron chi connectivity index (χ4n) is 0.782. The monoisotopic (exact) mass is 281 g/mol. The summed E-state index contributed by atoms with van der Waals surface area (Å²) in [4.78, 5) is 21.8. The molecule has 15 heavy (non-hydrogen) atoms. The third-order valence-electron chi connectivity index (χ3n) is 1.72. The number of ether oxygens (including phenoxy) is 1. The van der Waals surface area contributed by atoms with Crippen molar-refractivity contribution in [3.05, 3.63) is 0 Å². The van der Waals surface area contributed by atoms with E-state index in [4.69, 9.17) is 15.6 Å². The molecule has 6 heteroatoms. The maximum atomic E-state index is 11.6. The summed E-state index contributed by atoms with van der Waals surface area (Å²) in [6, 6.07) is 0. The van der Waals surface area contributed by atoms with Crippen LogP contribution < -0.4 is 5.73 Å². The molecule has 3 N–H and O–H groups in total. The maximum Gasteiger partial charge on any atom is 0.339 e. The zero-order chi connectivity index (χ0) is 12.4. The molecule has 0 saturated heterocycles. The molecule has 0 radical (unpaired) electrons. The van der Waals surface area contributed by atoms with E-state index in [1.165, 1.54) is 6.92 Å². The largest absolute Gasteiger partial charge is 0.479 e. The summed E-state index contributed by atoms with van der Waals surface area (Å²) in [5.41, 5.74) is 2.69. The van der Waals surface area contributed by atoms with Crippen LogP contribution in [0.15, 0.2) is 0 Å². The molecule has 0 aromatic carbocycles. The summed E-state index contributed by atoms with van der Waals surface area (Å²) >= 11 is 3.00. The molecule has 2 unspecified atom stereocenters. The second-order valence-electron chi connectivity index (χ2n) is 4.29. The zero-order valence-corrected chi connectivity index (χ0v) is 10.8. The minimum atomic E-state index is -2.06. The van der Waals surface area contributed by atoms with E-state index in [0.29, 0.717) is 0 Å². The first-order valence-corrected chi connectivity index (χ1v) is 5.33. The Kier molecular flexibility index (Phi) is 4.30. The molecule has 88 valence electrons. The van der Waals surface area contributed by atoms with Gasteiger partial charge in [0, 0.05) is 0 Å². The summed E-state index contributed by atoms with van der Waals surface area (Å²) < 4.78 is 4.95. The van der Waals surface area contributed by atoms with Crippen LogP contribution in [0.2, 0.25) is 0 Å². The van der Waals surface area contributed by atoms with Crippen molar-refractivity contribution >= 4 is 27.9 Å². The highest BCUT2D eigenvalue weighted by Gasteiger charge is 2.49. The Labute approximate surface area is 97.1 Å². The van der Waals surface area contributed by atoms with Crippen molar-refractivity contribution in [3.63, 3.8) is 0 Å². The first-order chi connectivity index (χ1) is 6.51. The highest BCUT2D eigenvalue weighted by molar-refractivity contribution is 9.09. The highest BCUT2D eigenvalue weighted by Crippen LogP contribution is 2.20. The molecule has 0 aromatic rings. The lowest BCUT2D eigenvalue weighted by molar-refractivity contribution is -0.168. The number of carboxylic acids is 1. The molecule has 0 aliphatic carbocycles. The van der Waals surface area contributed by atoms with E-state index in [2.05, 4.69) is 15.9 Å². The Morgan fingerprint density at radius 1 is 1.40 bits per heavy atom. The number of nitrogens with two attached hydrogens (primary N) is 1. The first-order valence-electron chi connectivity index (χ1n) is 4.41. The van der Waals surface area contributed by atoms with Gasteiger partial charge in [-0.2, -0.15) is 0 Å². The normalized spacial score (nSPS) is 17.7. The molecule has 0 aliphatic rings. The van der Waals surface area contributed by atoms with Crippen LogP contribution >= 0.6 is 15.9 Å². The molecule has 5 nitrogen and oxygen atoms in total. The number of hydrogen-bond acceptors (Lipinski definition) is 4. The van der Waals surface area contributed by atoms with Crippen LogP contribution in [0.3, 0.4) is 0 Å². The molecule has 0 rings (SSSR count). The summed E-state index contributed by atoms with van der Waals surface area (Å²) in [5, 5.41) is 8.91. The number of hydrogen-bond donors (Lipinski definition) is 2. The fourth-order valence-corrected chi connectivity index (χ4v) is 1.17. The fraction of sp³-hybridized carbons (Fsp3) is 0.778. The van der Waals surface area contributed by atoms with Crippen LogP contribution in [0.4, 0.5) is 0 Å². The lowest BCUT2D eigenvalue weighted by Crippen LogP contribution is -2.62. The Morgan fingerprint density at radius 2 is 1.80 bits per heavy atom. The predicted molar refractivity (Wildman–Crippen MR) is 58.8 cm³/mol.